The summed E-state index contributed by atoms with van der Waals surface area (Å²) in [5.74, 6) is 1.58. The van der Waals surface area contributed by atoms with Crippen molar-refractivity contribution in [3.05, 3.63) is 0 Å². The van der Waals surface area contributed by atoms with E-state index in [1.54, 1.807) is 0 Å². The number of Topliss-reactive ketones (excluding diaryl/α,β-unsaturated/α-hetero) is 1. The number of carbonyl (C=O) groups is 1. The number of rotatable bonds is 3. The van der Waals surface area contributed by atoms with Gasteiger partial charge < -0.3 is 5.32 Å². The lowest BCUT2D eigenvalue weighted by Gasteiger charge is -2.28. The van der Waals surface area contributed by atoms with Crippen LogP contribution in [0.2, 0.25) is 0 Å². The smallest absolute Gasteiger partial charge is 0.137 e. The first-order chi connectivity index (χ1) is 6.27. The number of hydrogen-bond donors (Lipinski definition) is 1. The zero-order chi connectivity index (χ0) is 9.26. The van der Waals surface area contributed by atoms with Gasteiger partial charge >= 0.3 is 0 Å². The highest BCUT2D eigenvalue weighted by Gasteiger charge is 2.31. The van der Waals surface area contributed by atoms with E-state index in [2.05, 4.69) is 12.2 Å². The molecular formula is C11H19NO. The number of piperidine rings is 1. The summed E-state index contributed by atoms with van der Waals surface area (Å²) in [7, 11) is 0. The Balaban J connectivity index is 1.85. The van der Waals surface area contributed by atoms with Crippen molar-refractivity contribution in [2.45, 2.75) is 45.1 Å². The van der Waals surface area contributed by atoms with E-state index in [1.165, 1.54) is 19.3 Å². The minimum atomic E-state index is 0.314. The van der Waals surface area contributed by atoms with Gasteiger partial charge in [0, 0.05) is 18.4 Å². The van der Waals surface area contributed by atoms with Gasteiger partial charge in [0.1, 0.15) is 5.78 Å². The van der Waals surface area contributed by atoms with E-state index in [0.717, 1.165) is 25.3 Å². The molecule has 2 heteroatoms. The van der Waals surface area contributed by atoms with E-state index in [9.17, 15) is 4.79 Å². The van der Waals surface area contributed by atoms with E-state index in [1.807, 2.05) is 0 Å². The maximum absolute atomic E-state index is 11.8. The van der Waals surface area contributed by atoms with Crippen molar-refractivity contribution < 1.29 is 4.79 Å². The molecular weight excluding hydrogens is 162 g/mol. The van der Waals surface area contributed by atoms with Crippen LogP contribution in [-0.4, -0.2) is 18.4 Å². The first kappa shape index (κ1) is 9.20. The van der Waals surface area contributed by atoms with E-state index in [4.69, 9.17) is 0 Å². The lowest BCUT2D eigenvalue weighted by molar-refractivity contribution is -0.124. The van der Waals surface area contributed by atoms with Gasteiger partial charge in [0.25, 0.3) is 0 Å². The Morgan fingerprint density at radius 3 is 2.77 bits per heavy atom. The largest absolute Gasteiger partial charge is 0.314 e. The van der Waals surface area contributed by atoms with Crippen molar-refractivity contribution in [1.82, 2.24) is 5.32 Å². The maximum atomic E-state index is 11.8. The topological polar surface area (TPSA) is 29.1 Å². The standard InChI is InChI=1S/C11H19NO/c1-8-10(3-2-6-12-8)11(13)7-9-4-5-9/h8-10,12H,2-7H2,1H3. The summed E-state index contributed by atoms with van der Waals surface area (Å²) in [4.78, 5) is 11.8. The van der Waals surface area contributed by atoms with E-state index < -0.39 is 0 Å². The summed E-state index contributed by atoms with van der Waals surface area (Å²) in [6.45, 7) is 3.24. The summed E-state index contributed by atoms with van der Waals surface area (Å²) in [6, 6.07) is 0.417. The lowest BCUT2D eigenvalue weighted by Crippen LogP contribution is -2.42. The highest BCUT2D eigenvalue weighted by molar-refractivity contribution is 5.82. The second kappa shape index (κ2) is 3.79. The minimum Gasteiger partial charge on any atom is -0.314 e. The maximum Gasteiger partial charge on any atom is 0.137 e. The monoisotopic (exact) mass is 181 g/mol. The highest BCUT2D eigenvalue weighted by atomic mass is 16.1. The van der Waals surface area contributed by atoms with Crippen LogP contribution in [0.5, 0.6) is 0 Å². The first-order valence-electron chi connectivity index (χ1n) is 5.53. The molecule has 0 aromatic heterocycles. The predicted octanol–water partition coefficient (Wildman–Crippen LogP) is 1.74. The Morgan fingerprint density at radius 1 is 1.38 bits per heavy atom. The number of ketones is 1. The van der Waals surface area contributed by atoms with Crippen molar-refractivity contribution in [1.29, 1.82) is 0 Å². The predicted molar refractivity (Wildman–Crippen MR) is 52.5 cm³/mol. The molecule has 2 atom stereocenters. The van der Waals surface area contributed by atoms with E-state index in [0.29, 0.717) is 17.7 Å². The Hall–Kier alpha value is -0.370. The van der Waals surface area contributed by atoms with Gasteiger partial charge in [-0.05, 0) is 45.1 Å². The second-order valence-corrected chi connectivity index (χ2v) is 4.61. The second-order valence-electron chi connectivity index (χ2n) is 4.61. The molecule has 1 saturated carbocycles. The fourth-order valence-corrected chi connectivity index (χ4v) is 2.24. The van der Waals surface area contributed by atoms with Crippen molar-refractivity contribution >= 4 is 5.78 Å². The third-order valence-corrected chi connectivity index (χ3v) is 3.36. The third kappa shape index (κ3) is 2.31. The Labute approximate surface area is 80.1 Å². The fourth-order valence-electron chi connectivity index (χ4n) is 2.24. The van der Waals surface area contributed by atoms with Crippen LogP contribution < -0.4 is 5.32 Å². The van der Waals surface area contributed by atoms with Crippen molar-refractivity contribution in [3.8, 4) is 0 Å². The molecule has 1 N–H and O–H groups in total. The van der Waals surface area contributed by atoms with Gasteiger partial charge in [-0.15, -0.1) is 0 Å². The SMILES string of the molecule is CC1NCCCC1C(=O)CC1CC1. The van der Waals surface area contributed by atoms with E-state index >= 15 is 0 Å². The van der Waals surface area contributed by atoms with Crippen LogP contribution in [0, 0.1) is 11.8 Å². The molecule has 0 amide bonds. The molecule has 1 aliphatic heterocycles. The first-order valence-corrected chi connectivity index (χ1v) is 5.53. The van der Waals surface area contributed by atoms with Gasteiger partial charge in [0.05, 0.1) is 0 Å². The molecule has 1 aliphatic carbocycles. The minimum absolute atomic E-state index is 0.314. The molecule has 2 fully saturated rings. The Kier molecular flexibility index (Phi) is 2.68. The summed E-state index contributed by atoms with van der Waals surface area (Å²) in [6.07, 6.45) is 5.72. The fraction of sp³-hybridized carbons (Fsp3) is 0.909. The van der Waals surface area contributed by atoms with Crippen LogP contribution in [0.25, 0.3) is 0 Å². The van der Waals surface area contributed by atoms with Crippen LogP contribution in [0.1, 0.15) is 39.0 Å². The summed E-state index contributed by atoms with van der Waals surface area (Å²) >= 11 is 0. The molecule has 2 rings (SSSR count). The Bertz CT molecular complexity index is 198. The third-order valence-electron chi connectivity index (χ3n) is 3.36. The van der Waals surface area contributed by atoms with Crippen molar-refractivity contribution in [2.24, 2.45) is 11.8 Å². The number of hydrogen-bond acceptors (Lipinski definition) is 2. The molecule has 0 radical (unpaired) electrons. The van der Waals surface area contributed by atoms with Crippen molar-refractivity contribution in [3.63, 3.8) is 0 Å². The molecule has 2 aliphatic rings. The molecule has 1 heterocycles. The summed E-state index contributed by atoms with van der Waals surface area (Å²) in [5.41, 5.74) is 0. The molecule has 0 spiro atoms. The number of carbonyl (C=O) groups excluding carboxylic acids is 1. The van der Waals surface area contributed by atoms with Crippen LogP contribution in [0.4, 0.5) is 0 Å². The molecule has 13 heavy (non-hydrogen) atoms. The molecule has 74 valence electrons. The highest BCUT2D eigenvalue weighted by Crippen LogP contribution is 2.34. The van der Waals surface area contributed by atoms with Crippen LogP contribution >= 0.6 is 0 Å². The normalized spacial score (nSPS) is 34.5. The van der Waals surface area contributed by atoms with Crippen molar-refractivity contribution in [2.75, 3.05) is 6.54 Å². The van der Waals surface area contributed by atoms with Crippen LogP contribution in [0.3, 0.4) is 0 Å². The zero-order valence-electron chi connectivity index (χ0n) is 8.38. The van der Waals surface area contributed by atoms with Crippen LogP contribution in [0.15, 0.2) is 0 Å². The summed E-state index contributed by atoms with van der Waals surface area (Å²) in [5, 5.41) is 3.39. The van der Waals surface area contributed by atoms with E-state index in [-0.39, 0.29) is 0 Å². The zero-order valence-corrected chi connectivity index (χ0v) is 8.38. The molecule has 1 saturated heterocycles. The van der Waals surface area contributed by atoms with Gasteiger partial charge in [-0.1, -0.05) is 0 Å². The molecule has 2 nitrogen and oxygen atoms in total. The Morgan fingerprint density at radius 2 is 2.15 bits per heavy atom. The average molecular weight is 181 g/mol. The molecule has 0 aromatic carbocycles. The lowest BCUT2D eigenvalue weighted by atomic mass is 9.86. The average Bonchev–Trinajstić information content (AvgIpc) is 2.89. The van der Waals surface area contributed by atoms with Gasteiger partial charge in [-0.3, -0.25) is 4.79 Å². The van der Waals surface area contributed by atoms with Gasteiger partial charge in [-0.25, -0.2) is 0 Å². The molecule has 2 unspecified atom stereocenters. The number of nitrogens with one attached hydrogen (secondary N) is 1. The molecule has 0 bridgehead atoms. The quantitative estimate of drug-likeness (QED) is 0.718. The molecule has 0 aromatic rings. The van der Waals surface area contributed by atoms with Gasteiger partial charge in [-0.2, -0.15) is 0 Å². The van der Waals surface area contributed by atoms with Gasteiger partial charge in [0.2, 0.25) is 0 Å². The van der Waals surface area contributed by atoms with Gasteiger partial charge in [0.15, 0.2) is 0 Å². The summed E-state index contributed by atoms with van der Waals surface area (Å²) < 4.78 is 0. The van der Waals surface area contributed by atoms with Crippen LogP contribution in [-0.2, 0) is 4.79 Å².